The Bertz CT molecular complexity index is 1090. The third-order valence-corrected chi connectivity index (χ3v) is 7.87. The van der Waals surface area contributed by atoms with E-state index in [0.717, 1.165) is 57.9 Å². The summed E-state index contributed by atoms with van der Waals surface area (Å²) in [5.41, 5.74) is 5.37. The second-order valence-electron chi connectivity index (χ2n) is 8.55. The molecule has 0 bridgehead atoms. The van der Waals surface area contributed by atoms with Crippen molar-refractivity contribution < 1.29 is 4.92 Å². The fraction of sp³-hybridized carbons (Fsp3) is 0.375. The van der Waals surface area contributed by atoms with Crippen molar-refractivity contribution in [2.24, 2.45) is 0 Å². The summed E-state index contributed by atoms with van der Waals surface area (Å²) in [4.78, 5) is 22.9. The number of hydrogen-bond donors (Lipinski definition) is 0. The van der Waals surface area contributed by atoms with Gasteiger partial charge in [-0.15, -0.1) is 0 Å². The molecule has 0 unspecified atom stereocenters. The van der Waals surface area contributed by atoms with Crippen LogP contribution in [0, 0.1) is 10.1 Å². The number of likely N-dealkylation sites (N-methyl/N-ethyl adjacent to an activating group) is 1. The third kappa shape index (κ3) is 4.66. The molecule has 5 rings (SSSR count). The molecule has 7 nitrogen and oxygen atoms in total. The number of piperidine rings is 1. The predicted molar refractivity (Wildman–Crippen MR) is 137 cm³/mol. The molecule has 0 N–H and O–H groups in total. The molecular weight excluding hydrogens is 454 g/mol. The Hall–Kier alpha value is -2.75. The first kappa shape index (κ1) is 22.1. The van der Waals surface area contributed by atoms with Gasteiger partial charge in [-0.3, -0.25) is 10.1 Å². The zero-order chi connectivity index (χ0) is 22.8. The summed E-state index contributed by atoms with van der Waals surface area (Å²) in [6.45, 7) is 5.18. The van der Waals surface area contributed by atoms with Crippen LogP contribution in [-0.4, -0.2) is 61.1 Å². The van der Waals surface area contributed by atoms with Crippen LogP contribution in [0.5, 0.6) is 0 Å². The molecule has 2 aliphatic rings. The molecule has 0 aromatic carbocycles. The Labute approximate surface area is 201 Å². The second-order valence-corrected chi connectivity index (χ2v) is 10.1. The summed E-state index contributed by atoms with van der Waals surface area (Å²) in [6.07, 6.45) is 1.75. The van der Waals surface area contributed by atoms with Gasteiger partial charge < -0.3 is 14.7 Å². The van der Waals surface area contributed by atoms with Crippen LogP contribution in [0.3, 0.4) is 0 Å². The summed E-state index contributed by atoms with van der Waals surface area (Å²) < 4.78 is 0. The number of hydrogen-bond acceptors (Lipinski definition) is 8. The molecular formula is C24H27N5O2S2. The zero-order valence-electron chi connectivity index (χ0n) is 18.6. The number of rotatable bonds is 5. The normalized spacial score (nSPS) is 17.4. The Morgan fingerprint density at radius 3 is 2.09 bits per heavy atom. The molecule has 3 aromatic heterocycles. The van der Waals surface area contributed by atoms with E-state index in [1.165, 1.54) is 22.3 Å². The Kier molecular flexibility index (Phi) is 6.43. The molecule has 33 heavy (non-hydrogen) atoms. The van der Waals surface area contributed by atoms with Gasteiger partial charge in [0.2, 0.25) is 5.82 Å². The van der Waals surface area contributed by atoms with Gasteiger partial charge in [0.1, 0.15) is 5.82 Å². The zero-order valence-corrected chi connectivity index (χ0v) is 20.3. The Balaban J connectivity index is 1.41. The average Bonchev–Trinajstić information content (AvgIpc) is 3.55. The van der Waals surface area contributed by atoms with E-state index >= 15 is 0 Å². The first-order valence-corrected chi connectivity index (χ1v) is 13.1. The van der Waals surface area contributed by atoms with Crippen LogP contribution >= 0.6 is 22.7 Å². The topological polar surface area (TPSA) is 65.8 Å². The van der Waals surface area contributed by atoms with Crippen LogP contribution in [0.4, 0.5) is 17.3 Å². The number of aromatic nitrogens is 1. The van der Waals surface area contributed by atoms with Gasteiger partial charge >= 0.3 is 5.69 Å². The minimum absolute atomic E-state index is 0.0937. The number of nitrogens with zero attached hydrogens (tertiary/aromatic N) is 5. The highest BCUT2D eigenvalue weighted by atomic mass is 32.1. The minimum Gasteiger partial charge on any atom is -0.354 e. The van der Waals surface area contributed by atoms with Crippen molar-refractivity contribution in [3.63, 3.8) is 0 Å². The highest BCUT2D eigenvalue weighted by Gasteiger charge is 2.27. The van der Waals surface area contributed by atoms with Crippen LogP contribution in [0.1, 0.15) is 24.0 Å². The molecule has 172 valence electrons. The van der Waals surface area contributed by atoms with E-state index in [2.05, 4.69) is 55.4 Å². The fourth-order valence-corrected chi connectivity index (χ4v) is 5.94. The summed E-state index contributed by atoms with van der Waals surface area (Å²) in [5, 5.41) is 20.4. The average molecular weight is 482 g/mol. The minimum atomic E-state index is -0.302. The number of pyridine rings is 1. The van der Waals surface area contributed by atoms with E-state index < -0.39 is 0 Å². The van der Waals surface area contributed by atoms with Gasteiger partial charge in [-0.05, 0) is 76.3 Å². The van der Waals surface area contributed by atoms with Crippen molar-refractivity contribution in [2.45, 2.75) is 12.8 Å². The summed E-state index contributed by atoms with van der Waals surface area (Å²) in [5.74, 6) is 1.34. The summed E-state index contributed by atoms with van der Waals surface area (Å²) in [7, 11) is 2.12. The fourth-order valence-electron chi connectivity index (χ4n) is 4.64. The van der Waals surface area contributed by atoms with Crippen molar-refractivity contribution in [3.8, 4) is 0 Å². The maximum Gasteiger partial charge on any atom is 0.311 e. The maximum absolute atomic E-state index is 11.8. The second kappa shape index (κ2) is 9.62. The summed E-state index contributed by atoms with van der Waals surface area (Å²) in [6, 6.07) is 7.79. The first-order valence-electron chi connectivity index (χ1n) is 11.2. The van der Waals surface area contributed by atoms with Crippen molar-refractivity contribution in [3.05, 3.63) is 72.6 Å². The van der Waals surface area contributed by atoms with Crippen LogP contribution in [0.2, 0.25) is 0 Å². The smallest absolute Gasteiger partial charge is 0.311 e. The standard InChI is InChI=1S/C24H27N5O2S2/c1-26-10-12-27(13-11-26)22-3-2-21(29(30)31)24(25-22)28-8-4-18(5-9-28)23(19-6-14-32-16-19)20-7-15-33-17-20/h2-3,6-7,14-17H,4-5,8-13H2,1H3. The molecule has 0 saturated carbocycles. The van der Waals surface area contributed by atoms with E-state index in [1.807, 2.05) is 0 Å². The monoisotopic (exact) mass is 481 g/mol. The quantitative estimate of drug-likeness (QED) is 0.379. The molecule has 2 aliphatic heterocycles. The first-order chi connectivity index (χ1) is 16.1. The van der Waals surface area contributed by atoms with E-state index in [0.29, 0.717) is 5.82 Å². The lowest BCUT2D eigenvalue weighted by atomic mass is 9.91. The van der Waals surface area contributed by atoms with Crippen LogP contribution in [0.15, 0.2) is 51.4 Å². The van der Waals surface area contributed by atoms with Crippen molar-refractivity contribution >= 4 is 45.6 Å². The molecule has 2 saturated heterocycles. The lowest BCUT2D eigenvalue weighted by Gasteiger charge is -2.34. The van der Waals surface area contributed by atoms with Gasteiger partial charge in [0, 0.05) is 45.3 Å². The van der Waals surface area contributed by atoms with Crippen LogP contribution in [-0.2, 0) is 0 Å². The molecule has 0 spiro atoms. The molecule has 9 heteroatoms. The summed E-state index contributed by atoms with van der Waals surface area (Å²) >= 11 is 3.43. The van der Waals surface area contributed by atoms with E-state index in [-0.39, 0.29) is 10.6 Å². The van der Waals surface area contributed by atoms with Crippen molar-refractivity contribution in [2.75, 3.05) is 56.1 Å². The van der Waals surface area contributed by atoms with Crippen molar-refractivity contribution in [1.82, 2.24) is 9.88 Å². The molecule has 2 fully saturated rings. The SMILES string of the molecule is CN1CCN(c2ccc([N+](=O)[O-])c(N3CCC(=C(c4ccsc4)c4ccsc4)CC3)n2)CC1. The van der Waals surface area contributed by atoms with Gasteiger partial charge in [-0.1, -0.05) is 5.57 Å². The highest BCUT2D eigenvalue weighted by molar-refractivity contribution is 7.08. The van der Waals surface area contributed by atoms with Gasteiger partial charge in [-0.25, -0.2) is 4.98 Å². The largest absolute Gasteiger partial charge is 0.354 e. The van der Waals surface area contributed by atoms with Crippen LogP contribution < -0.4 is 9.80 Å². The molecule has 0 atom stereocenters. The molecule has 0 radical (unpaired) electrons. The third-order valence-electron chi connectivity index (χ3n) is 6.50. The molecule has 0 amide bonds. The van der Waals surface area contributed by atoms with Gasteiger partial charge in [-0.2, -0.15) is 22.7 Å². The maximum atomic E-state index is 11.8. The van der Waals surface area contributed by atoms with Gasteiger partial charge in [0.25, 0.3) is 0 Å². The lowest BCUT2D eigenvalue weighted by Crippen LogP contribution is -2.45. The van der Waals surface area contributed by atoms with E-state index in [1.54, 1.807) is 34.8 Å². The van der Waals surface area contributed by atoms with E-state index in [4.69, 9.17) is 4.98 Å². The number of anilines is 2. The Morgan fingerprint density at radius 1 is 0.909 bits per heavy atom. The molecule has 5 heterocycles. The van der Waals surface area contributed by atoms with Crippen LogP contribution in [0.25, 0.3) is 5.57 Å². The van der Waals surface area contributed by atoms with Crippen molar-refractivity contribution in [1.29, 1.82) is 0 Å². The van der Waals surface area contributed by atoms with Gasteiger partial charge in [0.15, 0.2) is 0 Å². The molecule has 0 aliphatic carbocycles. The Morgan fingerprint density at radius 2 is 1.55 bits per heavy atom. The number of piperazine rings is 1. The number of thiophene rings is 2. The van der Waals surface area contributed by atoms with E-state index in [9.17, 15) is 10.1 Å². The predicted octanol–water partition coefficient (Wildman–Crippen LogP) is 4.97. The molecule has 3 aromatic rings. The lowest BCUT2D eigenvalue weighted by molar-refractivity contribution is -0.384. The highest BCUT2D eigenvalue weighted by Crippen LogP contribution is 2.37. The number of nitro groups is 1. The van der Waals surface area contributed by atoms with Gasteiger partial charge in [0.05, 0.1) is 4.92 Å².